The molecule has 1 atom stereocenters. The number of nitrogens with one attached hydrogen (secondary N) is 1. The van der Waals surface area contributed by atoms with Gasteiger partial charge in [0.1, 0.15) is 5.82 Å². The van der Waals surface area contributed by atoms with Crippen molar-refractivity contribution in [3.05, 3.63) is 29.6 Å². The highest BCUT2D eigenvalue weighted by Gasteiger charge is 2.09. The molecule has 100 valence electrons. The van der Waals surface area contributed by atoms with Gasteiger partial charge in [-0.1, -0.05) is 13.0 Å². The van der Waals surface area contributed by atoms with Gasteiger partial charge < -0.3 is 11.1 Å². The van der Waals surface area contributed by atoms with Crippen molar-refractivity contribution in [1.82, 2.24) is 0 Å². The summed E-state index contributed by atoms with van der Waals surface area (Å²) in [4.78, 5) is 11.6. The maximum Gasteiger partial charge on any atom is 0.224 e. The molecule has 0 radical (unpaired) electrons. The van der Waals surface area contributed by atoms with Crippen LogP contribution < -0.4 is 11.1 Å². The number of anilines is 1. The van der Waals surface area contributed by atoms with Crippen LogP contribution in [0.2, 0.25) is 0 Å². The SMILES string of the molecule is Cc1ccc(NC(=O)CCC(C)CCN)c(F)c1. The summed E-state index contributed by atoms with van der Waals surface area (Å²) in [5.74, 6) is -0.122. The fourth-order valence-electron chi connectivity index (χ4n) is 1.74. The van der Waals surface area contributed by atoms with E-state index in [9.17, 15) is 9.18 Å². The number of rotatable bonds is 6. The van der Waals surface area contributed by atoms with E-state index in [2.05, 4.69) is 12.2 Å². The lowest BCUT2D eigenvalue weighted by molar-refractivity contribution is -0.116. The summed E-state index contributed by atoms with van der Waals surface area (Å²) in [7, 11) is 0. The van der Waals surface area contributed by atoms with Gasteiger partial charge in [-0.15, -0.1) is 0 Å². The van der Waals surface area contributed by atoms with Crippen molar-refractivity contribution in [2.75, 3.05) is 11.9 Å². The van der Waals surface area contributed by atoms with Crippen molar-refractivity contribution in [2.45, 2.75) is 33.1 Å². The Morgan fingerprint density at radius 1 is 1.44 bits per heavy atom. The van der Waals surface area contributed by atoms with Gasteiger partial charge in [0.2, 0.25) is 5.91 Å². The van der Waals surface area contributed by atoms with Gasteiger partial charge >= 0.3 is 0 Å². The Kier molecular flexibility index (Phi) is 5.78. The number of halogens is 1. The molecule has 1 aromatic carbocycles. The van der Waals surface area contributed by atoms with Crippen LogP contribution in [0.5, 0.6) is 0 Å². The van der Waals surface area contributed by atoms with Crippen LogP contribution in [0.15, 0.2) is 18.2 Å². The van der Waals surface area contributed by atoms with Crippen LogP contribution in [0.25, 0.3) is 0 Å². The topological polar surface area (TPSA) is 55.1 Å². The van der Waals surface area contributed by atoms with Crippen LogP contribution in [0.3, 0.4) is 0 Å². The molecule has 0 spiro atoms. The number of benzene rings is 1. The van der Waals surface area contributed by atoms with Crippen molar-refractivity contribution in [3.63, 3.8) is 0 Å². The number of amides is 1. The molecule has 0 heterocycles. The zero-order chi connectivity index (χ0) is 13.5. The number of aryl methyl sites for hydroxylation is 1. The van der Waals surface area contributed by atoms with E-state index < -0.39 is 5.82 Å². The fraction of sp³-hybridized carbons (Fsp3) is 0.500. The Morgan fingerprint density at radius 2 is 2.17 bits per heavy atom. The summed E-state index contributed by atoms with van der Waals surface area (Å²) in [6, 6.07) is 4.77. The predicted octanol–water partition coefficient (Wildman–Crippen LogP) is 2.84. The first kappa shape index (κ1) is 14.6. The molecule has 18 heavy (non-hydrogen) atoms. The lowest BCUT2D eigenvalue weighted by atomic mass is 10.0. The molecule has 3 N–H and O–H groups in total. The molecule has 0 aliphatic heterocycles. The van der Waals surface area contributed by atoms with E-state index in [4.69, 9.17) is 5.73 Å². The van der Waals surface area contributed by atoms with E-state index in [0.29, 0.717) is 18.9 Å². The smallest absolute Gasteiger partial charge is 0.224 e. The van der Waals surface area contributed by atoms with Crippen LogP contribution in [0, 0.1) is 18.7 Å². The maximum absolute atomic E-state index is 13.5. The highest BCUT2D eigenvalue weighted by molar-refractivity contribution is 5.90. The third-order valence-corrected chi connectivity index (χ3v) is 2.92. The molecule has 0 aliphatic rings. The first-order valence-electron chi connectivity index (χ1n) is 6.29. The average molecular weight is 252 g/mol. The minimum atomic E-state index is -0.390. The molecular weight excluding hydrogens is 231 g/mol. The highest BCUT2D eigenvalue weighted by atomic mass is 19.1. The summed E-state index contributed by atoms with van der Waals surface area (Å²) in [6.45, 7) is 4.51. The van der Waals surface area contributed by atoms with Gasteiger partial charge in [0, 0.05) is 6.42 Å². The zero-order valence-corrected chi connectivity index (χ0v) is 11.0. The van der Waals surface area contributed by atoms with E-state index in [0.717, 1.165) is 18.4 Å². The molecule has 1 aromatic rings. The zero-order valence-electron chi connectivity index (χ0n) is 11.0. The monoisotopic (exact) mass is 252 g/mol. The van der Waals surface area contributed by atoms with Crippen molar-refractivity contribution >= 4 is 11.6 Å². The maximum atomic E-state index is 13.5. The molecule has 0 saturated carbocycles. The summed E-state index contributed by atoms with van der Waals surface area (Å²) >= 11 is 0. The van der Waals surface area contributed by atoms with Gasteiger partial charge in [-0.25, -0.2) is 4.39 Å². The van der Waals surface area contributed by atoms with Crippen LogP contribution in [0.1, 0.15) is 31.7 Å². The van der Waals surface area contributed by atoms with Crippen LogP contribution in [-0.4, -0.2) is 12.5 Å². The highest BCUT2D eigenvalue weighted by Crippen LogP contribution is 2.16. The quantitative estimate of drug-likeness (QED) is 0.818. The van der Waals surface area contributed by atoms with Crippen molar-refractivity contribution in [2.24, 2.45) is 11.7 Å². The van der Waals surface area contributed by atoms with Gasteiger partial charge in [0.15, 0.2) is 0 Å². The standard InChI is InChI=1S/C14H21FN2O/c1-10(7-8-16)4-6-14(18)17-13-5-3-11(2)9-12(13)15/h3,5,9-10H,4,6-8,16H2,1-2H3,(H,17,18). The molecule has 0 aromatic heterocycles. The number of hydrogen-bond donors (Lipinski definition) is 2. The Balaban J connectivity index is 2.44. The van der Waals surface area contributed by atoms with E-state index in [1.54, 1.807) is 12.1 Å². The summed E-state index contributed by atoms with van der Waals surface area (Å²) in [5, 5.41) is 2.59. The van der Waals surface area contributed by atoms with Crippen LogP contribution in [-0.2, 0) is 4.79 Å². The second kappa shape index (κ2) is 7.11. The van der Waals surface area contributed by atoms with Crippen molar-refractivity contribution in [3.8, 4) is 0 Å². The minimum absolute atomic E-state index is 0.151. The van der Waals surface area contributed by atoms with E-state index in [-0.39, 0.29) is 11.6 Å². The summed E-state index contributed by atoms with van der Waals surface area (Å²) in [5.41, 5.74) is 6.53. The van der Waals surface area contributed by atoms with Gasteiger partial charge in [-0.2, -0.15) is 0 Å². The minimum Gasteiger partial charge on any atom is -0.330 e. The third-order valence-electron chi connectivity index (χ3n) is 2.92. The molecule has 1 unspecified atom stereocenters. The van der Waals surface area contributed by atoms with Crippen LogP contribution in [0.4, 0.5) is 10.1 Å². The fourth-order valence-corrected chi connectivity index (χ4v) is 1.74. The van der Waals surface area contributed by atoms with Gasteiger partial charge in [0.05, 0.1) is 5.69 Å². The van der Waals surface area contributed by atoms with Gasteiger partial charge in [-0.3, -0.25) is 4.79 Å². The van der Waals surface area contributed by atoms with Crippen LogP contribution >= 0.6 is 0 Å². The molecule has 0 saturated heterocycles. The molecule has 1 amide bonds. The molecule has 3 nitrogen and oxygen atoms in total. The van der Waals surface area contributed by atoms with E-state index >= 15 is 0 Å². The predicted molar refractivity (Wildman–Crippen MR) is 71.8 cm³/mol. The Labute approximate surface area is 108 Å². The van der Waals surface area contributed by atoms with Gasteiger partial charge in [0.25, 0.3) is 0 Å². The second-order valence-electron chi connectivity index (χ2n) is 4.75. The Morgan fingerprint density at radius 3 is 2.78 bits per heavy atom. The number of carbonyl (C=O) groups is 1. The van der Waals surface area contributed by atoms with Gasteiger partial charge in [-0.05, 0) is 49.9 Å². The normalized spacial score (nSPS) is 12.2. The average Bonchev–Trinajstić information content (AvgIpc) is 2.31. The van der Waals surface area contributed by atoms with E-state index in [1.165, 1.54) is 6.07 Å². The first-order valence-corrected chi connectivity index (χ1v) is 6.29. The first-order chi connectivity index (χ1) is 8.52. The molecule has 1 rings (SSSR count). The third kappa shape index (κ3) is 4.84. The lowest BCUT2D eigenvalue weighted by Gasteiger charge is -2.10. The van der Waals surface area contributed by atoms with E-state index in [1.807, 2.05) is 6.92 Å². The molecule has 4 heteroatoms. The largest absolute Gasteiger partial charge is 0.330 e. The van der Waals surface area contributed by atoms with Crippen molar-refractivity contribution in [1.29, 1.82) is 0 Å². The number of hydrogen-bond acceptors (Lipinski definition) is 2. The Bertz CT molecular complexity index is 407. The number of carbonyl (C=O) groups excluding carboxylic acids is 1. The summed E-state index contributed by atoms with van der Waals surface area (Å²) < 4.78 is 13.5. The molecule has 0 bridgehead atoms. The second-order valence-corrected chi connectivity index (χ2v) is 4.75. The summed E-state index contributed by atoms with van der Waals surface area (Å²) in [6.07, 6.45) is 2.08. The molecule has 0 fully saturated rings. The number of nitrogens with two attached hydrogens (primary N) is 1. The van der Waals surface area contributed by atoms with Crippen molar-refractivity contribution < 1.29 is 9.18 Å². The molecular formula is C14H21FN2O. The Hall–Kier alpha value is -1.42. The lowest BCUT2D eigenvalue weighted by Crippen LogP contribution is -2.14. The molecule has 0 aliphatic carbocycles.